The fraction of sp³-hybridized carbons (Fsp3) is 0.500. The molecule has 1 fully saturated rings. The van der Waals surface area contributed by atoms with Crippen LogP contribution in [-0.2, 0) is 9.53 Å². The van der Waals surface area contributed by atoms with Gasteiger partial charge in [0.1, 0.15) is 0 Å². The SMILES string of the molecule is CNc1ccccc1C(=N)OCCCN1CCC(C(=O)O)C1. The molecule has 0 radical (unpaired) electrons. The van der Waals surface area contributed by atoms with E-state index >= 15 is 0 Å². The van der Waals surface area contributed by atoms with E-state index in [9.17, 15) is 4.79 Å². The van der Waals surface area contributed by atoms with Gasteiger partial charge in [-0.15, -0.1) is 0 Å². The van der Waals surface area contributed by atoms with Gasteiger partial charge < -0.3 is 20.1 Å². The quantitative estimate of drug-likeness (QED) is 0.407. The van der Waals surface area contributed by atoms with Gasteiger partial charge in [-0.25, -0.2) is 0 Å². The van der Waals surface area contributed by atoms with E-state index in [2.05, 4.69) is 10.2 Å². The molecule has 1 aliphatic heterocycles. The van der Waals surface area contributed by atoms with Crippen molar-refractivity contribution in [2.45, 2.75) is 12.8 Å². The van der Waals surface area contributed by atoms with Crippen molar-refractivity contribution in [1.82, 2.24) is 4.90 Å². The molecule has 0 amide bonds. The molecule has 1 atom stereocenters. The Balaban J connectivity index is 1.71. The number of ether oxygens (including phenoxy) is 1. The predicted octanol–water partition coefficient (Wildman–Crippen LogP) is 1.87. The molecule has 0 saturated carbocycles. The molecule has 1 unspecified atom stereocenters. The van der Waals surface area contributed by atoms with Crippen molar-refractivity contribution in [2.75, 3.05) is 38.6 Å². The van der Waals surface area contributed by atoms with Crippen molar-refractivity contribution >= 4 is 17.6 Å². The summed E-state index contributed by atoms with van der Waals surface area (Å²) in [5.41, 5.74) is 1.62. The van der Waals surface area contributed by atoms with Crippen LogP contribution >= 0.6 is 0 Å². The van der Waals surface area contributed by atoms with Crippen molar-refractivity contribution in [3.05, 3.63) is 29.8 Å². The first-order valence-corrected chi connectivity index (χ1v) is 7.55. The molecule has 120 valence electrons. The number of carboxylic acid groups (broad SMARTS) is 1. The highest BCUT2D eigenvalue weighted by Gasteiger charge is 2.27. The maximum atomic E-state index is 10.9. The van der Waals surface area contributed by atoms with Gasteiger partial charge >= 0.3 is 5.97 Å². The summed E-state index contributed by atoms with van der Waals surface area (Å²) in [4.78, 5) is 13.0. The van der Waals surface area contributed by atoms with Gasteiger partial charge in [-0.3, -0.25) is 10.2 Å². The summed E-state index contributed by atoms with van der Waals surface area (Å²) in [6.45, 7) is 2.72. The molecule has 1 aromatic carbocycles. The van der Waals surface area contributed by atoms with Crippen molar-refractivity contribution < 1.29 is 14.6 Å². The summed E-state index contributed by atoms with van der Waals surface area (Å²) < 4.78 is 5.50. The molecule has 0 aromatic heterocycles. The molecule has 6 heteroatoms. The highest BCUT2D eigenvalue weighted by molar-refractivity contribution is 5.97. The fourth-order valence-electron chi connectivity index (χ4n) is 2.68. The van der Waals surface area contributed by atoms with Gasteiger partial charge in [0.2, 0.25) is 5.90 Å². The largest absolute Gasteiger partial charge is 0.481 e. The van der Waals surface area contributed by atoms with Crippen LogP contribution < -0.4 is 5.32 Å². The zero-order valence-corrected chi connectivity index (χ0v) is 12.8. The van der Waals surface area contributed by atoms with Crippen LogP contribution in [0.15, 0.2) is 24.3 Å². The van der Waals surface area contributed by atoms with Crippen molar-refractivity contribution in [3.8, 4) is 0 Å². The highest BCUT2D eigenvalue weighted by Crippen LogP contribution is 2.17. The third-order valence-electron chi connectivity index (χ3n) is 3.93. The number of carboxylic acids is 1. The molecule has 2 rings (SSSR count). The molecule has 1 aliphatic rings. The monoisotopic (exact) mass is 305 g/mol. The fourth-order valence-corrected chi connectivity index (χ4v) is 2.68. The summed E-state index contributed by atoms with van der Waals surface area (Å²) >= 11 is 0. The Morgan fingerprint density at radius 1 is 1.50 bits per heavy atom. The number of benzene rings is 1. The summed E-state index contributed by atoms with van der Waals surface area (Å²) in [5, 5.41) is 20.0. The molecule has 1 heterocycles. The lowest BCUT2D eigenvalue weighted by atomic mass is 10.1. The summed E-state index contributed by atoms with van der Waals surface area (Å²) in [5.74, 6) is -0.777. The Hall–Kier alpha value is -2.08. The second-order valence-corrected chi connectivity index (χ2v) is 5.45. The number of aliphatic carboxylic acids is 1. The molecule has 1 saturated heterocycles. The number of likely N-dealkylation sites (tertiary alicyclic amines) is 1. The maximum absolute atomic E-state index is 10.9. The van der Waals surface area contributed by atoms with Gasteiger partial charge in [0.25, 0.3) is 0 Å². The van der Waals surface area contributed by atoms with Gasteiger partial charge in [-0.2, -0.15) is 0 Å². The molecule has 3 N–H and O–H groups in total. The first-order chi connectivity index (χ1) is 10.6. The van der Waals surface area contributed by atoms with Crippen LogP contribution in [0.4, 0.5) is 5.69 Å². The maximum Gasteiger partial charge on any atom is 0.307 e. The van der Waals surface area contributed by atoms with E-state index in [1.165, 1.54) is 0 Å². The van der Waals surface area contributed by atoms with E-state index < -0.39 is 5.97 Å². The first kappa shape index (κ1) is 16.3. The normalized spacial score (nSPS) is 18.1. The number of nitrogens with zero attached hydrogens (tertiary/aromatic N) is 1. The van der Waals surface area contributed by atoms with Crippen LogP contribution in [0, 0.1) is 11.3 Å². The third kappa shape index (κ3) is 4.21. The van der Waals surface area contributed by atoms with Crippen molar-refractivity contribution in [1.29, 1.82) is 5.41 Å². The van der Waals surface area contributed by atoms with Crippen LogP contribution in [0.5, 0.6) is 0 Å². The van der Waals surface area contributed by atoms with Crippen LogP contribution in [0.25, 0.3) is 0 Å². The van der Waals surface area contributed by atoms with E-state index in [0.717, 1.165) is 37.2 Å². The Labute approximate surface area is 130 Å². The summed E-state index contributed by atoms with van der Waals surface area (Å²) in [6.07, 6.45) is 1.51. The van der Waals surface area contributed by atoms with E-state index in [1.807, 2.05) is 31.3 Å². The lowest BCUT2D eigenvalue weighted by Gasteiger charge is -2.16. The molecular weight excluding hydrogens is 282 g/mol. The first-order valence-electron chi connectivity index (χ1n) is 7.55. The molecule has 0 spiro atoms. The number of hydrogen-bond donors (Lipinski definition) is 3. The van der Waals surface area contributed by atoms with Crippen LogP contribution in [-0.4, -0.2) is 55.2 Å². The molecule has 1 aromatic rings. The zero-order chi connectivity index (χ0) is 15.9. The van der Waals surface area contributed by atoms with Crippen LogP contribution in [0.2, 0.25) is 0 Å². The zero-order valence-electron chi connectivity index (χ0n) is 12.8. The molecular formula is C16H23N3O3. The number of anilines is 1. The Kier molecular flexibility index (Phi) is 5.77. The topological polar surface area (TPSA) is 85.7 Å². The minimum atomic E-state index is -0.704. The number of rotatable bonds is 7. The van der Waals surface area contributed by atoms with Gasteiger partial charge in [0.05, 0.1) is 18.1 Å². The van der Waals surface area contributed by atoms with Gasteiger partial charge in [0, 0.05) is 25.8 Å². The number of para-hydroxylation sites is 1. The Morgan fingerprint density at radius 3 is 2.95 bits per heavy atom. The number of nitrogens with one attached hydrogen (secondary N) is 2. The third-order valence-corrected chi connectivity index (χ3v) is 3.93. The van der Waals surface area contributed by atoms with E-state index in [0.29, 0.717) is 13.2 Å². The standard InChI is InChI=1S/C16H23N3O3/c1-18-14-6-3-2-5-13(14)15(17)22-10-4-8-19-9-7-12(11-19)16(20)21/h2-3,5-6,12,17-18H,4,7-11H2,1H3,(H,20,21). The molecule has 0 bridgehead atoms. The number of carbonyl (C=O) groups is 1. The van der Waals surface area contributed by atoms with E-state index in [-0.39, 0.29) is 11.8 Å². The van der Waals surface area contributed by atoms with Crippen molar-refractivity contribution in [3.63, 3.8) is 0 Å². The average molecular weight is 305 g/mol. The second kappa shape index (κ2) is 7.79. The Morgan fingerprint density at radius 2 is 2.27 bits per heavy atom. The summed E-state index contributed by atoms with van der Waals surface area (Å²) in [6, 6.07) is 7.55. The minimum Gasteiger partial charge on any atom is -0.481 e. The van der Waals surface area contributed by atoms with Gasteiger partial charge in [-0.1, -0.05) is 12.1 Å². The predicted molar refractivity (Wildman–Crippen MR) is 85.6 cm³/mol. The van der Waals surface area contributed by atoms with Gasteiger partial charge in [-0.05, 0) is 31.5 Å². The average Bonchev–Trinajstić information content (AvgIpc) is 3.00. The van der Waals surface area contributed by atoms with Gasteiger partial charge in [0.15, 0.2) is 0 Å². The van der Waals surface area contributed by atoms with Crippen LogP contribution in [0.1, 0.15) is 18.4 Å². The van der Waals surface area contributed by atoms with Crippen LogP contribution in [0.3, 0.4) is 0 Å². The number of hydrogen-bond acceptors (Lipinski definition) is 5. The van der Waals surface area contributed by atoms with E-state index in [1.54, 1.807) is 0 Å². The van der Waals surface area contributed by atoms with E-state index in [4.69, 9.17) is 15.3 Å². The highest BCUT2D eigenvalue weighted by atomic mass is 16.5. The van der Waals surface area contributed by atoms with Crippen molar-refractivity contribution in [2.24, 2.45) is 5.92 Å². The second-order valence-electron chi connectivity index (χ2n) is 5.45. The minimum absolute atomic E-state index is 0.162. The Bertz CT molecular complexity index is 533. The lowest BCUT2D eigenvalue weighted by molar-refractivity contribution is -0.141. The molecule has 0 aliphatic carbocycles. The molecule has 6 nitrogen and oxygen atoms in total. The smallest absolute Gasteiger partial charge is 0.307 e. The molecule has 22 heavy (non-hydrogen) atoms. The lowest BCUT2D eigenvalue weighted by Crippen LogP contribution is -2.25. The summed E-state index contributed by atoms with van der Waals surface area (Å²) in [7, 11) is 1.82.